The summed E-state index contributed by atoms with van der Waals surface area (Å²) in [4.78, 5) is 2.50. The topological polar surface area (TPSA) is 43.0 Å². The Kier molecular flexibility index (Phi) is 5.88. The van der Waals surface area contributed by atoms with E-state index in [0.717, 1.165) is 37.5 Å². The fraction of sp³-hybridized carbons (Fsp3) is 0.333. The van der Waals surface area contributed by atoms with Crippen LogP contribution in [0.2, 0.25) is 0 Å². The second-order valence-electron chi connectivity index (χ2n) is 7.22. The number of nitrogens with zero attached hydrogens (tertiary/aromatic N) is 1. The molecule has 1 atom stereocenters. The number of methoxy groups -OCH3 is 3. The third-order valence-electron chi connectivity index (χ3n) is 5.64. The van der Waals surface area contributed by atoms with Crippen LogP contribution in [-0.4, -0.2) is 52.4 Å². The third-order valence-corrected chi connectivity index (χ3v) is 5.64. The van der Waals surface area contributed by atoms with Crippen LogP contribution in [0.5, 0.6) is 17.2 Å². The Labute approximate surface area is 172 Å². The Morgan fingerprint density at radius 3 is 2.21 bits per heavy atom. The number of fused-ring (bicyclic) bond motifs is 1. The van der Waals surface area contributed by atoms with Gasteiger partial charge in [-0.05, 0) is 34.5 Å². The number of ether oxygens (including phenoxy) is 3. The van der Waals surface area contributed by atoms with Gasteiger partial charge in [-0.25, -0.2) is 0 Å². The molecule has 5 heteroatoms. The molecule has 0 bridgehead atoms. The maximum atomic E-state index is 5.84. The molecule has 1 unspecified atom stereocenters. The average molecular weight is 392 g/mol. The molecule has 0 spiro atoms. The molecule has 0 aromatic heterocycles. The van der Waals surface area contributed by atoms with Crippen molar-refractivity contribution in [2.45, 2.75) is 6.04 Å². The molecule has 1 N–H and O–H groups in total. The Morgan fingerprint density at radius 1 is 0.793 bits per heavy atom. The number of benzene rings is 3. The molecule has 3 aromatic carbocycles. The van der Waals surface area contributed by atoms with E-state index in [4.69, 9.17) is 14.2 Å². The van der Waals surface area contributed by atoms with Crippen molar-refractivity contribution in [2.24, 2.45) is 0 Å². The lowest BCUT2D eigenvalue weighted by atomic mass is 9.93. The van der Waals surface area contributed by atoms with Gasteiger partial charge in [0.25, 0.3) is 0 Å². The first kappa shape index (κ1) is 19.6. The van der Waals surface area contributed by atoms with Crippen LogP contribution in [0.15, 0.2) is 54.6 Å². The van der Waals surface area contributed by atoms with Gasteiger partial charge in [0.1, 0.15) is 0 Å². The largest absolute Gasteiger partial charge is 0.493 e. The van der Waals surface area contributed by atoms with E-state index in [9.17, 15) is 0 Å². The van der Waals surface area contributed by atoms with Gasteiger partial charge in [-0.2, -0.15) is 0 Å². The van der Waals surface area contributed by atoms with Crippen LogP contribution in [0.25, 0.3) is 10.8 Å². The second kappa shape index (κ2) is 8.72. The molecule has 0 saturated carbocycles. The predicted octanol–water partition coefficient (Wildman–Crippen LogP) is 3.86. The van der Waals surface area contributed by atoms with E-state index in [1.165, 1.54) is 16.3 Å². The van der Waals surface area contributed by atoms with Crippen LogP contribution in [-0.2, 0) is 0 Å². The summed E-state index contributed by atoms with van der Waals surface area (Å²) in [5.41, 5.74) is 2.33. The zero-order valence-electron chi connectivity index (χ0n) is 17.3. The van der Waals surface area contributed by atoms with E-state index in [-0.39, 0.29) is 6.04 Å². The minimum absolute atomic E-state index is 0.0662. The highest BCUT2D eigenvalue weighted by Gasteiger charge is 2.29. The Hall–Kier alpha value is -2.76. The summed E-state index contributed by atoms with van der Waals surface area (Å²) in [7, 11) is 4.99. The molecule has 1 aliphatic rings. The zero-order chi connectivity index (χ0) is 20.2. The standard InChI is InChI=1S/C24H28N2O3/c1-27-21-11-10-20(23(28-2)24(21)29-3)22(26-14-12-25-13-15-26)19-9-8-17-6-4-5-7-18(17)16-19/h4-11,16,22,25H,12-15H2,1-3H3. The number of rotatable bonds is 6. The first-order chi connectivity index (χ1) is 14.3. The molecule has 1 aliphatic heterocycles. The second-order valence-corrected chi connectivity index (χ2v) is 7.22. The minimum atomic E-state index is 0.0662. The number of hydrogen-bond acceptors (Lipinski definition) is 5. The molecule has 29 heavy (non-hydrogen) atoms. The lowest BCUT2D eigenvalue weighted by Crippen LogP contribution is -2.45. The van der Waals surface area contributed by atoms with Crippen LogP contribution in [0.4, 0.5) is 0 Å². The third kappa shape index (κ3) is 3.76. The fourth-order valence-corrected chi connectivity index (χ4v) is 4.25. The van der Waals surface area contributed by atoms with Gasteiger partial charge in [0, 0.05) is 31.7 Å². The van der Waals surface area contributed by atoms with Gasteiger partial charge < -0.3 is 19.5 Å². The zero-order valence-corrected chi connectivity index (χ0v) is 17.3. The quantitative estimate of drug-likeness (QED) is 0.690. The lowest BCUT2D eigenvalue weighted by molar-refractivity contribution is 0.194. The normalized spacial score (nSPS) is 15.8. The lowest BCUT2D eigenvalue weighted by Gasteiger charge is -2.36. The Balaban J connectivity index is 1.88. The highest BCUT2D eigenvalue weighted by molar-refractivity contribution is 5.83. The summed E-state index contributed by atoms with van der Waals surface area (Å²) < 4.78 is 17.0. The molecule has 0 amide bonds. The maximum Gasteiger partial charge on any atom is 0.203 e. The van der Waals surface area contributed by atoms with E-state index in [1.54, 1.807) is 21.3 Å². The van der Waals surface area contributed by atoms with Gasteiger partial charge in [-0.1, -0.05) is 36.4 Å². The summed E-state index contributed by atoms with van der Waals surface area (Å²) >= 11 is 0. The van der Waals surface area contributed by atoms with Gasteiger partial charge in [0.2, 0.25) is 5.75 Å². The minimum Gasteiger partial charge on any atom is -0.493 e. The number of piperazine rings is 1. The van der Waals surface area contributed by atoms with E-state index in [0.29, 0.717) is 11.5 Å². The molecule has 1 fully saturated rings. The van der Waals surface area contributed by atoms with Crippen LogP contribution in [0, 0.1) is 0 Å². The van der Waals surface area contributed by atoms with Crippen molar-refractivity contribution in [1.82, 2.24) is 10.2 Å². The Morgan fingerprint density at radius 2 is 1.52 bits per heavy atom. The fourth-order valence-electron chi connectivity index (χ4n) is 4.25. The van der Waals surface area contributed by atoms with Crippen molar-refractivity contribution in [3.05, 3.63) is 65.7 Å². The first-order valence-electron chi connectivity index (χ1n) is 9.99. The van der Waals surface area contributed by atoms with Crippen molar-refractivity contribution < 1.29 is 14.2 Å². The molecule has 3 aromatic rings. The molecule has 1 saturated heterocycles. The predicted molar refractivity (Wildman–Crippen MR) is 116 cm³/mol. The molecule has 0 radical (unpaired) electrons. The molecule has 0 aliphatic carbocycles. The van der Waals surface area contributed by atoms with Gasteiger partial charge in [0.05, 0.1) is 27.4 Å². The molecule has 4 rings (SSSR count). The molecular weight excluding hydrogens is 364 g/mol. The summed E-state index contributed by atoms with van der Waals surface area (Å²) in [5, 5.41) is 5.94. The van der Waals surface area contributed by atoms with Crippen molar-refractivity contribution in [1.29, 1.82) is 0 Å². The van der Waals surface area contributed by atoms with Gasteiger partial charge in [0.15, 0.2) is 11.5 Å². The highest BCUT2D eigenvalue weighted by Crippen LogP contribution is 2.45. The molecule has 152 valence electrons. The van der Waals surface area contributed by atoms with Gasteiger partial charge >= 0.3 is 0 Å². The highest BCUT2D eigenvalue weighted by atomic mass is 16.5. The number of nitrogens with one attached hydrogen (secondary N) is 1. The summed E-state index contributed by atoms with van der Waals surface area (Å²) in [5.74, 6) is 2.03. The van der Waals surface area contributed by atoms with Crippen LogP contribution < -0.4 is 19.5 Å². The summed E-state index contributed by atoms with van der Waals surface area (Å²) in [6.45, 7) is 3.88. The van der Waals surface area contributed by atoms with Gasteiger partial charge in [-0.15, -0.1) is 0 Å². The van der Waals surface area contributed by atoms with Crippen LogP contribution in [0.1, 0.15) is 17.2 Å². The number of hydrogen-bond donors (Lipinski definition) is 1. The Bertz CT molecular complexity index is 983. The van der Waals surface area contributed by atoms with Crippen LogP contribution >= 0.6 is 0 Å². The van der Waals surface area contributed by atoms with Crippen LogP contribution in [0.3, 0.4) is 0 Å². The summed E-state index contributed by atoms with van der Waals surface area (Å²) in [6, 6.07) is 19.3. The van der Waals surface area contributed by atoms with Crippen molar-refractivity contribution >= 4 is 10.8 Å². The van der Waals surface area contributed by atoms with E-state index in [2.05, 4.69) is 58.7 Å². The van der Waals surface area contributed by atoms with Crippen molar-refractivity contribution in [3.63, 3.8) is 0 Å². The first-order valence-corrected chi connectivity index (χ1v) is 9.99. The van der Waals surface area contributed by atoms with E-state index < -0.39 is 0 Å². The van der Waals surface area contributed by atoms with E-state index >= 15 is 0 Å². The molecule has 5 nitrogen and oxygen atoms in total. The molecule has 1 heterocycles. The van der Waals surface area contributed by atoms with E-state index in [1.807, 2.05) is 6.07 Å². The summed E-state index contributed by atoms with van der Waals surface area (Å²) in [6.07, 6.45) is 0. The smallest absolute Gasteiger partial charge is 0.203 e. The maximum absolute atomic E-state index is 5.84. The monoisotopic (exact) mass is 392 g/mol. The van der Waals surface area contributed by atoms with Gasteiger partial charge in [-0.3, -0.25) is 4.90 Å². The SMILES string of the molecule is COc1ccc(C(c2ccc3ccccc3c2)N2CCNCC2)c(OC)c1OC. The van der Waals surface area contributed by atoms with Crippen molar-refractivity contribution in [3.8, 4) is 17.2 Å². The van der Waals surface area contributed by atoms with Crippen molar-refractivity contribution in [2.75, 3.05) is 47.5 Å². The average Bonchev–Trinajstić information content (AvgIpc) is 2.79. The molecular formula is C24H28N2O3.